The van der Waals surface area contributed by atoms with Crippen LogP contribution in [0.15, 0.2) is 48.5 Å². The molecule has 154 valence electrons. The third kappa shape index (κ3) is 7.11. The van der Waals surface area contributed by atoms with Crippen molar-refractivity contribution in [2.24, 2.45) is 0 Å². The molecule has 0 aliphatic rings. The van der Waals surface area contributed by atoms with Crippen LogP contribution in [0.5, 0.6) is 5.75 Å². The zero-order chi connectivity index (χ0) is 21.2. The number of nitrogens with one attached hydrogen (secondary N) is 2. The van der Waals surface area contributed by atoms with Crippen LogP contribution in [0.4, 0.5) is 11.4 Å². The largest absolute Gasteiger partial charge is 0.494 e. The molecule has 0 aliphatic heterocycles. The van der Waals surface area contributed by atoms with Crippen molar-refractivity contribution in [2.75, 3.05) is 17.7 Å². The lowest BCUT2D eigenvalue weighted by molar-refractivity contribution is -0.116. The maximum Gasteiger partial charge on any atom is 0.248 e. The highest BCUT2D eigenvalue weighted by molar-refractivity contribution is 6.02. The summed E-state index contributed by atoms with van der Waals surface area (Å²) in [5.74, 6) is 0.694. The highest BCUT2D eigenvalue weighted by atomic mass is 16.5. The smallest absolute Gasteiger partial charge is 0.248 e. The van der Waals surface area contributed by atoms with Gasteiger partial charge in [-0.3, -0.25) is 9.59 Å². The maximum absolute atomic E-state index is 12.2. The Hall–Kier alpha value is -3.08. The number of carbonyl (C=O) groups is 2. The van der Waals surface area contributed by atoms with Gasteiger partial charge in [0.05, 0.1) is 12.8 Å². The number of unbranched alkanes of at least 4 members (excludes halogenated alkanes) is 1. The van der Waals surface area contributed by atoms with Crippen LogP contribution in [-0.2, 0) is 9.59 Å². The minimum atomic E-state index is -0.236. The lowest BCUT2D eigenvalue weighted by Gasteiger charge is -2.12. The molecule has 0 heterocycles. The van der Waals surface area contributed by atoms with E-state index < -0.39 is 0 Å². The molecule has 2 amide bonds. The molecule has 0 spiro atoms. The van der Waals surface area contributed by atoms with Crippen LogP contribution in [-0.4, -0.2) is 18.9 Å². The van der Waals surface area contributed by atoms with E-state index in [-0.39, 0.29) is 11.8 Å². The number of benzene rings is 2. The van der Waals surface area contributed by atoms with Crippen molar-refractivity contribution in [3.8, 4) is 5.75 Å². The minimum absolute atomic E-state index is 0.0478. The SMILES string of the molecule is CCCCC(=O)Nc1ccc(NC(=O)/C=C/c2ccc(C(C)C)cc2)cc1OC. The molecule has 0 radical (unpaired) electrons. The second-order valence-electron chi connectivity index (χ2n) is 7.21. The zero-order valence-electron chi connectivity index (χ0n) is 17.6. The number of hydrogen-bond donors (Lipinski definition) is 2. The molecule has 2 aromatic carbocycles. The van der Waals surface area contributed by atoms with Crippen LogP contribution in [0.25, 0.3) is 6.08 Å². The first kappa shape index (κ1) is 22.2. The van der Waals surface area contributed by atoms with Crippen molar-refractivity contribution in [2.45, 2.75) is 46.0 Å². The molecular formula is C24H30N2O3. The summed E-state index contributed by atoms with van der Waals surface area (Å²) >= 11 is 0. The second-order valence-corrected chi connectivity index (χ2v) is 7.21. The summed E-state index contributed by atoms with van der Waals surface area (Å²) in [6, 6.07) is 13.3. The fraction of sp³-hybridized carbons (Fsp3) is 0.333. The number of carbonyl (C=O) groups excluding carboxylic acids is 2. The molecule has 5 heteroatoms. The van der Waals surface area contributed by atoms with Gasteiger partial charge in [0.2, 0.25) is 11.8 Å². The fourth-order valence-electron chi connectivity index (χ4n) is 2.77. The summed E-state index contributed by atoms with van der Waals surface area (Å²) in [5.41, 5.74) is 3.42. The van der Waals surface area contributed by atoms with E-state index in [0.717, 1.165) is 18.4 Å². The Labute approximate surface area is 173 Å². The predicted molar refractivity (Wildman–Crippen MR) is 119 cm³/mol. The number of anilines is 2. The van der Waals surface area contributed by atoms with Crippen molar-refractivity contribution < 1.29 is 14.3 Å². The van der Waals surface area contributed by atoms with Gasteiger partial charge in [-0.05, 0) is 41.7 Å². The Morgan fingerprint density at radius 3 is 2.41 bits per heavy atom. The zero-order valence-corrected chi connectivity index (χ0v) is 17.6. The number of amides is 2. The fourth-order valence-corrected chi connectivity index (χ4v) is 2.77. The van der Waals surface area contributed by atoms with E-state index in [1.807, 2.05) is 19.1 Å². The average Bonchev–Trinajstić information content (AvgIpc) is 2.72. The molecule has 0 aromatic heterocycles. The molecule has 0 bridgehead atoms. The Balaban J connectivity index is 1.99. The second kappa shape index (κ2) is 11.1. The Bertz CT molecular complexity index is 855. The molecule has 0 aliphatic carbocycles. The lowest BCUT2D eigenvalue weighted by atomic mass is 10.0. The highest BCUT2D eigenvalue weighted by Crippen LogP contribution is 2.28. The molecule has 0 saturated carbocycles. The molecule has 0 atom stereocenters. The van der Waals surface area contributed by atoms with Gasteiger partial charge in [-0.1, -0.05) is 51.5 Å². The molecule has 2 rings (SSSR count). The van der Waals surface area contributed by atoms with Crippen LogP contribution in [0.2, 0.25) is 0 Å². The summed E-state index contributed by atoms with van der Waals surface area (Å²) in [6.45, 7) is 6.34. The summed E-state index contributed by atoms with van der Waals surface area (Å²) in [6.07, 6.45) is 5.55. The van der Waals surface area contributed by atoms with E-state index in [1.165, 1.54) is 18.7 Å². The first-order valence-corrected chi connectivity index (χ1v) is 9.99. The predicted octanol–water partition coefficient (Wildman–Crippen LogP) is 5.60. The topological polar surface area (TPSA) is 67.4 Å². The van der Waals surface area contributed by atoms with E-state index in [1.54, 1.807) is 24.3 Å². The highest BCUT2D eigenvalue weighted by Gasteiger charge is 2.09. The van der Waals surface area contributed by atoms with Crippen LogP contribution >= 0.6 is 0 Å². The summed E-state index contributed by atoms with van der Waals surface area (Å²) in [7, 11) is 1.53. The molecule has 0 unspecified atom stereocenters. The van der Waals surface area contributed by atoms with Crippen LogP contribution < -0.4 is 15.4 Å². The van der Waals surface area contributed by atoms with Crippen molar-refractivity contribution in [1.29, 1.82) is 0 Å². The summed E-state index contributed by atoms with van der Waals surface area (Å²) in [4.78, 5) is 24.2. The number of ether oxygens (including phenoxy) is 1. The van der Waals surface area contributed by atoms with Crippen LogP contribution in [0, 0.1) is 0 Å². The average molecular weight is 395 g/mol. The summed E-state index contributed by atoms with van der Waals surface area (Å²) < 4.78 is 5.35. The van der Waals surface area contributed by atoms with Crippen LogP contribution in [0.3, 0.4) is 0 Å². The van der Waals surface area contributed by atoms with E-state index in [2.05, 4.69) is 36.6 Å². The van der Waals surface area contributed by atoms with Gasteiger partial charge >= 0.3 is 0 Å². The van der Waals surface area contributed by atoms with Crippen molar-refractivity contribution in [1.82, 2.24) is 0 Å². The molecule has 0 fully saturated rings. The third-order valence-electron chi connectivity index (χ3n) is 4.53. The number of hydrogen-bond acceptors (Lipinski definition) is 3. The van der Waals surface area contributed by atoms with E-state index >= 15 is 0 Å². The van der Waals surface area contributed by atoms with Gasteiger partial charge in [-0.2, -0.15) is 0 Å². The Kier molecular flexibility index (Phi) is 8.46. The van der Waals surface area contributed by atoms with E-state index in [4.69, 9.17) is 4.74 Å². The van der Waals surface area contributed by atoms with Gasteiger partial charge in [-0.25, -0.2) is 0 Å². The number of rotatable bonds is 9. The van der Waals surface area contributed by atoms with Gasteiger partial charge in [0.25, 0.3) is 0 Å². The monoisotopic (exact) mass is 394 g/mol. The van der Waals surface area contributed by atoms with E-state index in [9.17, 15) is 9.59 Å². The molecule has 5 nitrogen and oxygen atoms in total. The Morgan fingerprint density at radius 1 is 1.07 bits per heavy atom. The van der Waals surface area contributed by atoms with Gasteiger partial charge in [-0.15, -0.1) is 0 Å². The first-order valence-electron chi connectivity index (χ1n) is 9.99. The normalized spacial score (nSPS) is 10.9. The number of methoxy groups -OCH3 is 1. The van der Waals surface area contributed by atoms with Crippen molar-refractivity contribution in [3.63, 3.8) is 0 Å². The molecule has 2 N–H and O–H groups in total. The van der Waals surface area contributed by atoms with Crippen molar-refractivity contribution in [3.05, 3.63) is 59.7 Å². The van der Waals surface area contributed by atoms with Gasteiger partial charge in [0, 0.05) is 24.3 Å². The van der Waals surface area contributed by atoms with Gasteiger partial charge in [0.15, 0.2) is 0 Å². The third-order valence-corrected chi connectivity index (χ3v) is 4.53. The molecular weight excluding hydrogens is 364 g/mol. The van der Waals surface area contributed by atoms with Gasteiger partial charge in [0.1, 0.15) is 5.75 Å². The first-order chi connectivity index (χ1) is 13.9. The summed E-state index contributed by atoms with van der Waals surface area (Å²) in [5, 5.41) is 5.66. The molecule has 0 saturated heterocycles. The van der Waals surface area contributed by atoms with Crippen LogP contribution in [0.1, 0.15) is 57.1 Å². The maximum atomic E-state index is 12.2. The van der Waals surface area contributed by atoms with Crippen molar-refractivity contribution >= 4 is 29.3 Å². The molecule has 29 heavy (non-hydrogen) atoms. The van der Waals surface area contributed by atoms with Gasteiger partial charge < -0.3 is 15.4 Å². The van der Waals surface area contributed by atoms with E-state index in [0.29, 0.717) is 29.5 Å². The Morgan fingerprint density at radius 2 is 1.79 bits per heavy atom. The molecule has 2 aromatic rings. The standard InChI is InChI=1S/C24H30N2O3/c1-5-6-7-23(27)26-21-14-13-20(16-22(21)29-4)25-24(28)15-10-18-8-11-19(12-9-18)17(2)3/h8-17H,5-7H2,1-4H3,(H,25,28)(H,26,27)/b15-10+. The lowest BCUT2D eigenvalue weighted by Crippen LogP contribution is -2.12. The minimum Gasteiger partial charge on any atom is -0.494 e. The quantitative estimate of drug-likeness (QED) is 0.544.